The zero-order valence-electron chi connectivity index (χ0n) is 20.0. The van der Waals surface area contributed by atoms with Crippen LogP contribution >= 0.6 is 23.2 Å². The third-order valence-electron chi connectivity index (χ3n) is 6.68. The average Bonchev–Trinajstić information content (AvgIpc) is 2.83. The second-order valence-electron chi connectivity index (χ2n) is 9.43. The van der Waals surface area contributed by atoms with Gasteiger partial charge in [0.1, 0.15) is 0 Å². The highest BCUT2D eigenvalue weighted by molar-refractivity contribution is 6.42. The fourth-order valence-corrected chi connectivity index (χ4v) is 4.96. The van der Waals surface area contributed by atoms with Crippen molar-refractivity contribution in [1.29, 1.82) is 0 Å². The summed E-state index contributed by atoms with van der Waals surface area (Å²) in [7, 11) is 0. The second kappa shape index (κ2) is 14.6. The van der Waals surface area contributed by atoms with E-state index in [1.165, 1.54) is 25.3 Å². The first-order chi connectivity index (χ1) is 16.5. The summed E-state index contributed by atoms with van der Waals surface area (Å²) < 4.78 is 0. The highest BCUT2D eigenvalue weighted by Gasteiger charge is 2.22. The first kappa shape index (κ1) is 26.8. The highest BCUT2D eigenvalue weighted by Crippen LogP contribution is 2.23. The Kier molecular flexibility index (Phi) is 11.5. The van der Waals surface area contributed by atoms with Crippen molar-refractivity contribution >= 4 is 41.2 Å². The van der Waals surface area contributed by atoms with Crippen LogP contribution in [0.25, 0.3) is 6.08 Å². The molecule has 3 N–H and O–H groups in total. The van der Waals surface area contributed by atoms with E-state index in [2.05, 4.69) is 20.9 Å². The number of unbranched alkanes of at least 4 members (excludes halogenated alkanes) is 2. The molecule has 1 heterocycles. The number of urea groups is 1. The summed E-state index contributed by atoms with van der Waals surface area (Å²) in [4.78, 5) is 26.7. The van der Waals surface area contributed by atoms with Gasteiger partial charge in [-0.05, 0) is 68.8 Å². The van der Waals surface area contributed by atoms with Gasteiger partial charge in [0.05, 0.1) is 10.0 Å². The van der Waals surface area contributed by atoms with Gasteiger partial charge in [-0.25, -0.2) is 4.79 Å². The smallest absolute Gasteiger partial charge is 0.315 e. The van der Waals surface area contributed by atoms with E-state index in [1.807, 2.05) is 6.07 Å². The summed E-state index contributed by atoms with van der Waals surface area (Å²) in [5, 5.41) is 10.2. The van der Waals surface area contributed by atoms with E-state index >= 15 is 0 Å². The van der Waals surface area contributed by atoms with E-state index in [9.17, 15) is 9.59 Å². The Labute approximate surface area is 213 Å². The standard InChI is InChI=1S/C26H38Cl2N4O2/c27-23-11-9-20(19-24(23)28)10-12-25(33)29-15-5-2-6-16-32-17-13-22(14-18-32)31-26(34)30-21-7-3-1-4-8-21/h9-12,19,21-22H,1-8,13-18H2,(H,29,33)(H2,30,31,34)/b12-10+. The lowest BCUT2D eigenvalue weighted by Gasteiger charge is -2.33. The molecule has 3 rings (SSSR count). The van der Waals surface area contributed by atoms with Crippen molar-refractivity contribution < 1.29 is 9.59 Å². The molecular weight excluding hydrogens is 471 g/mol. The number of piperidine rings is 1. The summed E-state index contributed by atoms with van der Waals surface area (Å²) in [6.07, 6.45) is 14.4. The average molecular weight is 510 g/mol. The Morgan fingerprint density at radius 3 is 2.32 bits per heavy atom. The third kappa shape index (κ3) is 9.85. The van der Waals surface area contributed by atoms with Crippen LogP contribution in [0, 0.1) is 0 Å². The van der Waals surface area contributed by atoms with Crippen molar-refractivity contribution in [3.05, 3.63) is 39.9 Å². The van der Waals surface area contributed by atoms with Crippen LogP contribution in [-0.4, -0.2) is 55.1 Å². The largest absolute Gasteiger partial charge is 0.353 e. The zero-order valence-corrected chi connectivity index (χ0v) is 21.5. The van der Waals surface area contributed by atoms with Crippen molar-refractivity contribution in [2.24, 2.45) is 0 Å². The number of likely N-dealkylation sites (tertiary alicyclic amines) is 1. The summed E-state index contributed by atoms with van der Waals surface area (Å²) in [6, 6.07) is 5.93. The SMILES string of the molecule is O=C(/C=C/c1ccc(Cl)c(Cl)c1)NCCCCCN1CCC(NC(=O)NC2CCCCC2)CC1. The van der Waals surface area contributed by atoms with Gasteiger partial charge < -0.3 is 20.9 Å². The van der Waals surface area contributed by atoms with Gasteiger partial charge >= 0.3 is 6.03 Å². The van der Waals surface area contributed by atoms with Crippen molar-refractivity contribution in [2.75, 3.05) is 26.2 Å². The van der Waals surface area contributed by atoms with Gasteiger partial charge in [0.15, 0.2) is 0 Å². The van der Waals surface area contributed by atoms with Gasteiger partial charge in [-0.1, -0.05) is 55.0 Å². The molecule has 0 aromatic heterocycles. The normalized spacial score (nSPS) is 18.2. The fraction of sp³-hybridized carbons (Fsp3) is 0.615. The van der Waals surface area contributed by atoms with Gasteiger partial charge in [0, 0.05) is 37.8 Å². The van der Waals surface area contributed by atoms with E-state index in [0.717, 1.165) is 70.1 Å². The molecule has 0 unspecified atom stereocenters. The molecule has 0 radical (unpaired) electrons. The molecule has 1 saturated heterocycles. The third-order valence-corrected chi connectivity index (χ3v) is 7.42. The van der Waals surface area contributed by atoms with E-state index in [1.54, 1.807) is 18.2 Å². The molecule has 1 aliphatic carbocycles. The first-order valence-corrected chi connectivity index (χ1v) is 13.5. The Hall–Kier alpha value is -1.76. The lowest BCUT2D eigenvalue weighted by molar-refractivity contribution is -0.116. The molecule has 188 valence electrons. The van der Waals surface area contributed by atoms with E-state index in [4.69, 9.17) is 23.2 Å². The molecule has 2 aliphatic rings. The quantitative estimate of drug-likeness (QED) is 0.293. The van der Waals surface area contributed by atoms with Crippen LogP contribution in [0.2, 0.25) is 10.0 Å². The van der Waals surface area contributed by atoms with E-state index in [-0.39, 0.29) is 18.0 Å². The highest BCUT2D eigenvalue weighted by atomic mass is 35.5. The molecule has 1 aliphatic heterocycles. The second-order valence-corrected chi connectivity index (χ2v) is 10.2. The monoisotopic (exact) mass is 508 g/mol. The Morgan fingerprint density at radius 2 is 1.62 bits per heavy atom. The van der Waals surface area contributed by atoms with Crippen molar-refractivity contribution in [1.82, 2.24) is 20.9 Å². The number of benzene rings is 1. The van der Waals surface area contributed by atoms with Crippen LogP contribution in [0.1, 0.15) is 69.8 Å². The summed E-state index contributed by atoms with van der Waals surface area (Å²) in [6.45, 7) is 3.81. The molecule has 1 saturated carbocycles. The first-order valence-electron chi connectivity index (χ1n) is 12.7. The number of rotatable bonds is 10. The Bertz CT molecular complexity index is 819. The number of nitrogens with zero attached hydrogens (tertiary/aromatic N) is 1. The van der Waals surface area contributed by atoms with Crippen LogP contribution in [0.4, 0.5) is 4.79 Å². The van der Waals surface area contributed by atoms with Crippen molar-refractivity contribution in [3.8, 4) is 0 Å². The number of carbonyl (C=O) groups excluding carboxylic acids is 2. The maximum absolute atomic E-state index is 12.2. The predicted octanol–water partition coefficient (Wildman–Crippen LogP) is 5.39. The molecule has 34 heavy (non-hydrogen) atoms. The predicted molar refractivity (Wildman–Crippen MR) is 140 cm³/mol. The Balaban J connectivity index is 1.19. The molecule has 2 fully saturated rings. The van der Waals surface area contributed by atoms with Crippen LogP contribution in [-0.2, 0) is 4.79 Å². The molecule has 0 atom stereocenters. The number of carbonyl (C=O) groups is 2. The molecular formula is C26H38Cl2N4O2. The molecule has 6 nitrogen and oxygen atoms in total. The minimum atomic E-state index is -0.104. The fourth-order valence-electron chi connectivity index (χ4n) is 4.66. The summed E-state index contributed by atoms with van der Waals surface area (Å²) in [5.41, 5.74) is 0.841. The minimum Gasteiger partial charge on any atom is -0.353 e. The molecule has 8 heteroatoms. The molecule has 1 aromatic rings. The van der Waals surface area contributed by atoms with Crippen LogP contribution in [0.5, 0.6) is 0 Å². The van der Waals surface area contributed by atoms with Crippen molar-refractivity contribution in [2.45, 2.75) is 76.3 Å². The molecule has 3 amide bonds. The maximum Gasteiger partial charge on any atom is 0.315 e. The van der Waals surface area contributed by atoms with Crippen LogP contribution in [0.15, 0.2) is 24.3 Å². The molecule has 0 bridgehead atoms. The topological polar surface area (TPSA) is 73.5 Å². The summed E-state index contributed by atoms with van der Waals surface area (Å²) in [5.74, 6) is -0.104. The van der Waals surface area contributed by atoms with E-state index < -0.39 is 0 Å². The number of halogens is 2. The lowest BCUT2D eigenvalue weighted by atomic mass is 9.96. The van der Waals surface area contributed by atoms with E-state index in [0.29, 0.717) is 22.6 Å². The molecule has 1 aromatic carbocycles. The number of amides is 3. The van der Waals surface area contributed by atoms with Gasteiger partial charge in [-0.2, -0.15) is 0 Å². The van der Waals surface area contributed by atoms with Gasteiger partial charge in [0.2, 0.25) is 5.91 Å². The number of nitrogens with one attached hydrogen (secondary N) is 3. The van der Waals surface area contributed by atoms with Crippen molar-refractivity contribution in [3.63, 3.8) is 0 Å². The molecule has 0 spiro atoms. The van der Waals surface area contributed by atoms with Crippen LogP contribution < -0.4 is 16.0 Å². The zero-order chi connectivity index (χ0) is 24.2. The lowest BCUT2D eigenvalue weighted by Crippen LogP contribution is -2.50. The Morgan fingerprint density at radius 1 is 0.912 bits per heavy atom. The number of hydrogen-bond donors (Lipinski definition) is 3. The van der Waals surface area contributed by atoms with Gasteiger partial charge in [-0.3, -0.25) is 4.79 Å². The van der Waals surface area contributed by atoms with Crippen LogP contribution in [0.3, 0.4) is 0 Å². The van der Waals surface area contributed by atoms with Gasteiger partial charge in [0.25, 0.3) is 0 Å². The maximum atomic E-state index is 12.2. The minimum absolute atomic E-state index is 0.0132. The number of hydrogen-bond acceptors (Lipinski definition) is 3. The van der Waals surface area contributed by atoms with Gasteiger partial charge in [-0.15, -0.1) is 0 Å². The summed E-state index contributed by atoms with van der Waals surface area (Å²) >= 11 is 11.9.